The number of nitrogens with one attached hydrogen (secondary N) is 1. The largest absolute Gasteiger partial charge is 0.394 e. The molecule has 2 rings (SSSR count). The lowest BCUT2D eigenvalue weighted by Crippen LogP contribution is -2.40. The third-order valence-electron chi connectivity index (χ3n) is 3.93. The first-order valence-electron chi connectivity index (χ1n) is 7.53. The molecule has 2 amide bonds. The van der Waals surface area contributed by atoms with Gasteiger partial charge in [0.2, 0.25) is 11.8 Å². The Labute approximate surface area is 130 Å². The molecule has 5 heteroatoms. The van der Waals surface area contributed by atoms with Crippen LogP contribution in [-0.2, 0) is 9.59 Å². The van der Waals surface area contributed by atoms with E-state index in [1.54, 1.807) is 11.1 Å². The molecule has 1 aromatic rings. The Kier molecular flexibility index (Phi) is 5.33. The van der Waals surface area contributed by atoms with E-state index in [-0.39, 0.29) is 36.9 Å². The number of aliphatic hydroxyl groups excluding tert-OH is 1. The number of aliphatic hydroxyl groups is 1. The van der Waals surface area contributed by atoms with Crippen LogP contribution in [0.4, 0.5) is 0 Å². The van der Waals surface area contributed by atoms with Crippen molar-refractivity contribution in [3.05, 3.63) is 41.6 Å². The molecule has 1 aromatic carbocycles. The SMILES string of the molecule is CCC(CO)NC(=O)CC1c2ccccc2C=CN1C(C)=O. The maximum Gasteiger partial charge on any atom is 0.223 e. The van der Waals surface area contributed by atoms with Crippen LogP contribution < -0.4 is 5.32 Å². The predicted octanol–water partition coefficient (Wildman–Crippen LogP) is 1.84. The Hall–Kier alpha value is -2.14. The molecule has 0 radical (unpaired) electrons. The van der Waals surface area contributed by atoms with Gasteiger partial charge >= 0.3 is 0 Å². The van der Waals surface area contributed by atoms with Crippen molar-refractivity contribution in [2.24, 2.45) is 0 Å². The summed E-state index contributed by atoms with van der Waals surface area (Å²) in [6.07, 6.45) is 4.46. The van der Waals surface area contributed by atoms with E-state index in [1.165, 1.54) is 6.92 Å². The minimum atomic E-state index is -0.310. The molecule has 22 heavy (non-hydrogen) atoms. The number of fused-ring (bicyclic) bond motifs is 1. The van der Waals surface area contributed by atoms with Gasteiger partial charge in [-0.05, 0) is 23.6 Å². The number of carbonyl (C=O) groups excluding carboxylic acids is 2. The number of amides is 2. The van der Waals surface area contributed by atoms with Gasteiger partial charge in [-0.1, -0.05) is 31.2 Å². The topological polar surface area (TPSA) is 69.6 Å². The Bertz CT molecular complexity index is 579. The summed E-state index contributed by atoms with van der Waals surface area (Å²) in [6.45, 7) is 3.31. The van der Waals surface area contributed by atoms with Gasteiger partial charge in [0, 0.05) is 13.1 Å². The minimum absolute atomic E-state index is 0.0835. The molecule has 2 N–H and O–H groups in total. The van der Waals surface area contributed by atoms with Gasteiger partial charge in [-0.25, -0.2) is 0 Å². The number of benzene rings is 1. The highest BCUT2D eigenvalue weighted by Gasteiger charge is 2.28. The number of carbonyl (C=O) groups is 2. The first kappa shape index (κ1) is 16.2. The number of hydrogen-bond donors (Lipinski definition) is 2. The van der Waals surface area contributed by atoms with Gasteiger partial charge in [0.15, 0.2) is 0 Å². The van der Waals surface area contributed by atoms with Gasteiger partial charge in [0.05, 0.1) is 25.1 Å². The monoisotopic (exact) mass is 302 g/mol. The van der Waals surface area contributed by atoms with Gasteiger partial charge in [-0.3, -0.25) is 9.59 Å². The van der Waals surface area contributed by atoms with E-state index >= 15 is 0 Å². The van der Waals surface area contributed by atoms with Gasteiger partial charge in [-0.15, -0.1) is 0 Å². The molecule has 118 valence electrons. The van der Waals surface area contributed by atoms with Crippen molar-refractivity contribution in [1.82, 2.24) is 10.2 Å². The first-order valence-corrected chi connectivity index (χ1v) is 7.53. The smallest absolute Gasteiger partial charge is 0.223 e. The number of nitrogens with zero attached hydrogens (tertiary/aromatic N) is 1. The summed E-state index contributed by atoms with van der Waals surface area (Å²) in [5.41, 5.74) is 1.99. The van der Waals surface area contributed by atoms with E-state index in [0.717, 1.165) is 11.1 Å². The summed E-state index contributed by atoms with van der Waals surface area (Å²) in [4.78, 5) is 25.7. The van der Waals surface area contributed by atoms with Crippen molar-refractivity contribution in [1.29, 1.82) is 0 Å². The number of rotatable bonds is 5. The lowest BCUT2D eigenvalue weighted by Gasteiger charge is -2.32. The molecule has 1 heterocycles. The summed E-state index contributed by atoms with van der Waals surface area (Å²) in [5, 5.41) is 12.0. The molecule has 1 aliphatic rings. The van der Waals surface area contributed by atoms with Crippen LogP contribution in [0.3, 0.4) is 0 Å². The van der Waals surface area contributed by atoms with Crippen LogP contribution in [0.25, 0.3) is 6.08 Å². The predicted molar refractivity (Wildman–Crippen MR) is 84.7 cm³/mol. The fourth-order valence-electron chi connectivity index (χ4n) is 2.65. The van der Waals surface area contributed by atoms with Crippen LogP contribution in [0.15, 0.2) is 30.5 Å². The van der Waals surface area contributed by atoms with Crippen molar-refractivity contribution in [2.75, 3.05) is 6.61 Å². The first-order chi connectivity index (χ1) is 10.6. The van der Waals surface area contributed by atoms with Crippen molar-refractivity contribution in [2.45, 2.75) is 38.8 Å². The summed E-state index contributed by atoms with van der Waals surface area (Å²) in [6, 6.07) is 7.20. The van der Waals surface area contributed by atoms with Crippen LogP contribution in [0, 0.1) is 0 Å². The van der Waals surface area contributed by atoms with Crippen molar-refractivity contribution < 1.29 is 14.7 Å². The lowest BCUT2D eigenvalue weighted by atomic mass is 9.93. The molecular weight excluding hydrogens is 280 g/mol. The van der Waals surface area contributed by atoms with Crippen LogP contribution in [0.5, 0.6) is 0 Å². The molecule has 0 saturated carbocycles. The molecule has 0 aliphatic carbocycles. The lowest BCUT2D eigenvalue weighted by molar-refractivity contribution is -0.130. The van der Waals surface area contributed by atoms with E-state index in [1.807, 2.05) is 37.3 Å². The second-order valence-corrected chi connectivity index (χ2v) is 5.45. The second kappa shape index (κ2) is 7.22. The fraction of sp³-hybridized carbons (Fsp3) is 0.412. The van der Waals surface area contributed by atoms with Crippen molar-refractivity contribution in [3.8, 4) is 0 Å². The molecule has 2 atom stereocenters. The van der Waals surface area contributed by atoms with Gasteiger partial charge < -0.3 is 15.3 Å². The van der Waals surface area contributed by atoms with Crippen LogP contribution in [0.2, 0.25) is 0 Å². The third kappa shape index (κ3) is 3.54. The van der Waals surface area contributed by atoms with Crippen LogP contribution >= 0.6 is 0 Å². The molecule has 5 nitrogen and oxygen atoms in total. The van der Waals surface area contributed by atoms with E-state index in [4.69, 9.17) is 0 Å². The maximum absolute atomic E-state index is 12.2. The summed E-state index contributed by atoms with van der Waals surface area (Å²) >= 11 is 0. The van der Waals surface area contributed by atoms with Gasteiger partial charge in [0.25, 0.3) is 0 Å². The Morgan fingerprint density at radius 3 is 2.73 bits per heavy atom. The number of hydrogen-bond acceptors (Lipinski definition) is 3. The zero-order valence-electron chi connectivity index (χ0n) is 13.0. The van der Waals surface area contributed by atoms with E-state index in [2.05, 4.69) is 5.32 Å². The molecular formula is C17H22N2O3. The van der Waals surface area contributed by atoms with Crippen LogP contribution in [0.1, 0.15) is 43.9 Å². The zero-order valence-corrected chi connectivity index (χ0v) is 13.0. The maximum atomic E-state index is 12.2. The van der Waals surface area contributed by atoms with Gasteiger partial charge in [0.1, 0.15) is 0 Å². The third-order valence-corrected chi connectivity index (χ3v) is 3.93. The molecule has 0 aromatic heterocycles. The fourth-order valence-corrected chi connectivity index (χ4v) is 2.65. The standard InChI is InChI=1S/C17H22N2O3/c1-3-14(11-20)18-17(22)10-16-15-7-5-4-6-13(15)8-9-19(16)12(2)21/h4-9,14,16,20H,3,10-11H2,1-2H3,(H,18,22). The highest BCUT2D eigenvalue weighted by atomic mass is 16.3. The molecule has 0 saturated heterocycles. The van der Waals surface area contributed by atoms with Crippen LogP contribution in [-0.4, -0.2) is 34.5 Å². The highest BCUT2D eigenvalue weighted by molar-refractivity contribution is 5.82. The van der Waals surface area contributed by atoms with E-state index in [9.17, 15) is 14.7 Å². The summed E-state index contributed by atoms with van der Waals surface area (Å²) in [7, 11) is 0. The highest BCUT2D eigenvalue weighted by Crippen LogP contribution is 2.32. The Balaban J connectivity index is 2.20. The van der Waals surface area contributed by atoms with Crippen molar-refractivity contribution >= 4 is 17.9 Å². The quantitative estimate of drug-likeness (QED) is 0.872. The summed E-state index contributed by atoms with van der Waals surface area (Å²) in [5.74, 6) is -0.264. The normalized spacial score (nSPS) is 17.8. The van der Waals surface area contributed by atoms with E-state index < -0.39 is 0 Å². The Morgan fingerprint density at radius 2 is 2.09 bits per heavy atom. The van der Waals surface area contributed by atoms with Gasteiger partial charge in [-0.2, -0.15) is 0 Å². The molecule has 1 aliphatic heterocycles. The average Bonchev–Trinajstić information content (AvgIpc) is 2.52. The zero-order chi connectivity index (χ0) is 16.1. The second-order valence-electron chi connectivity index (χ2n) is 5.45. The van der Waals surface area contributed by atoms with E-state index in [0.29, 0.717) is 6.42 Å². The average molecular weight is 302 g/mol. The molecule has 0 bridgehead atoms. The molecule has 0 fully saturated rings. The summed E-state index contributed by atoms with van der Waals surface area (Å²) < 4.78 is 0. The van der Waals surface area contributed by atoms with Crippen molar-refractivity contribution in [3.63, 3.8) is 0 Å². The molecule has 2 unspecified atom stereocenters. The Morgan fingerprint density at radius 1 is 1.36 bits per heavy atom. The molecule has 0 spiro atoms. The minimum Gasteiger partial charge on any atom is -0.394 e.